The van der Waals surface area contributed by atoms with E-state index in [9.17, 15) is 9.90 Å². The first-order valence-corrected chi connectivity index (χ1v) is 8.83. The van der Waals surface area contributed by atoms with Gasteiger partial charge in [-0.3, -0.25) is 9.48 Å². The number of fused-ring (bicyclic) bond motifs is 1. The maximum Gasteiger partial charge on any atom is 0.274 e. The van der Waals surface area contributed by atoms with E-state index >= 15 is 0 Å². The second-order valence-electron chi connectivity index (χ2n) is 5.99. The van der Waals surface area contributed by atoms with Crippen LogP contribution < -0.4 is 0 Å². The van der Waals surface area contributed by atoms with Gasteiger partial charge in [0.05, 0.1) is 6.54 Å². The van der Waals surface area contributed by atoms with Gasteiger partial charge in [-0.2, -0.15) is 5.10 Å². The van der Waals surface area contributed by atoms with Gasteiger partial charge in [0.1, 0.15) is 11.3 Å². The number of phenols is 1. The summed E-state index contributed by atoms with van der Waals surface area (Å²) < 4.78 is 1.73. The molecule has 0 spiro atoms. The Labute approximate surface area is 149 Å². The van der Waals surface area contributed by atoms with Gasteiger partial charge in [0.15, 0.2) is 5.69 Å². The Kier molecular flexibility index (Phi) is 6.39. The largest absolute Gasteiger partial charge is 0.506 e. The minimum absolute atomic E-state index is 0.144. The highest BCUT2D eigenvalue weighted by Crippen LogP contribution is 2.28. The van der Waals surface area contributed by atoms with Crippen LogP contribution in [0.1, 0.15) is 43.6 Å². The molecule has 0 saturated heterocycles. The molecule has 2 aromatic rings. The molecule has 3 rings (SSSR count). The van der Waals surface area contributed by atoms with Gasteiger partial charge >= 0.3 is 0 Å². The predicted octanol–water partition coefficient (Wildman–Crippen LogP) is 4.14. The molecule has 1 amide bonds. The van der Waals surface area contributed by atoms with Crippen LogP contribution in [0, 0.1) is 0 Å². The van der Waals surface area contributed by atoms with Crippen LogP contribution in [0.25, 0.3) is 10.9 Å². The van der Waals surface area contributed by atoms with Crippen molar-refractivity contribution in [3.05, 3.63) is 47.7 Å². The van der Waals surface area contributed by atoms with Crippen molar-refractivity contribution in [2.45, 2.75) is 39.7 Å². The number of aromatic nitrogens is 2. The average Bonchev–Trinajstić information content (AvgIpc) is 2.79. The SMILES string of the molecule is CC.CN(C)C(=O)c1nn(CC2=CCCCC=C2)c2c(O)cccc12. The molecular formula is C20H27N3O2. The smallest absolute Gasteiger partial charge is 0.274 e. The van der Waals surface area contributed by atoms with Crippen molar-refractivity contribution in [1.82, 2.24) is 14.7 Å². The van der Waals surface area contributed by atoms with Gasteiger partial charge in [-0.15, -0.1) is 0 Å². The van der Waals surface area contributed by atoms with Gasteiger partial charge in [0.25, 0.3) is 5.91 Å². The number of amides is 1. The molecule has 1 heterocycles. The quantitative estimate of drug-likeness (QED) is 0.913. The third-order valence-electron chi connectivity index (χ3n) is 4.00. The van der Waals surface area contributed by atoms with Gasteiger partial charge in [-0.25, -0.2) is 0 Å². The van der Waals surface area contributed by atoms with E-state index in [-0.39, 0.29) is 11.7 Å². The van der Waals surface area contributed by atoms with Gasteiger partial charge < -0.3 is 10.0 Å². The van der Waals surface area contributed by atoms with E-state index in [1.54, 1.807) is 30.9 Å². The summed E-state index contributed by atoms with van der Waals surface area (Å²) in [4.78, 5) is 13.9. The average molecular weight is 341 g/mol. The molecule has 0 aliphatic heterocycles. The van der Waals surface area contributed by atoms with Crippen LogP contribution in [0.5, 0.6) is 5.75 Å². The molecule has 1 aliphatic rings. The number of carbonyl (C=O) groups is 1. The summed E-state index contributed by atoms with van der Waals surface area (Å²) >= 11 is 0. The van der Waals surface area contributed by atoms with Crippen LogP contribution in [0.2, 0.25) is 0 Å². The molecule has 1 aromatic carbocycles. The molecule has 0 bridgehead atoms. The summed E-state index contributed by atoms with van der Waals surface area (Å²) in [7, 11) is 3.40. The monoisotopic (exact) mass is 341 g/mol. The van der Waals surface area contributed by atoms with Crippen molar-refractivity contribution in [3.63, 3.8) is 0 Å². The van der Waals surface area contributed by atoms with E-state index in [0.29, 0.717) is 23.1 Å². The van der Waals surface area contributed by atoms with Crippen molar-refractivity contribution in [2.24, 2.45) is 0 Å². The molecular weight excluding hydrogens is 314 g/mol. The Morgan fingerprint density at radius 1 is 1.28 bits per heavy atom. The lowest BCUT2D eigenvalue weighted by molar-refractivity contribution is 0.0823. The maximum absolute atomic E-state index is 12.4. The zero-order valence-corrected chi connectivity index (χ0v) is 15.5. The first-order valence-electron chi connectivity index (χ1n) is 8.83. The lowest BCUT2D eigenvalue weighted by atomic mass is 10.1. The fourth-order valence-corrected chi connectivity index (χ4v) is 2.82. The summed E-state index contributed by atoms with van der Waals surface area (Å²) in [6.45, 7) is 4.55. The zero-order chi connectivity index (χ0) is 18.4. The zero-order valence-electron chi connectivity index (χ0n) is 15.5. The Bertz CT molecular complexity index is 801. The normalized spacial score (nSPS) is 13.7. The number of carbonyl (C=O) groups excluding carboxylic acids is 1. The fourth-order valence-electron chi connectivity index (χ4n) is 2.82. The minimum Gasteiger partial charge on any atom is -0.506 e. The number of para-hydroxylation sites is 1. The van der Waals surface area contributed by atoms with E-state index in [0.717, 1.165) is 24.8 Å². The van der Waals surface area contributed by atoms with Crippen LogP contribution in [0.4, 0.5) is 0 Å². The summed E-state index contributed by atoms with van der Waals surface area (Å²) in [5.74, 6) is -0.0178. The molecule has 0 fully saturated rings. The molecule has 5 heteroatoms. The molecule has 134 valence electrons. The molecule has 5 nitrogen and oxygen atoms in total. The second kappa shape index (κ2) is 8.51. The van der Waals surface area contributed by atoms with E-state index in [4.69, 9.17) is 0 Å². The van der Waals surface area contributed by atoms with E-state index in [2.05, 4.69) is 23.3 Å². The number of hydrogen-bond acceptors (Lipinski definition) is 3. The minimum atomic E-state index is -0.162. The number of nitrogens with zero attached hydrogens (tertiary/aromatic N) is 3. The molecule has 25 heavy (non-hydrogen) atoms. The Morgan fingerprint density at radius 3 is 2.76 bits per heavy atom. The van der Waals surface area contributed by atoms with Crippen LogP contribution in [0.3, 0.4) is 0 Å². The lowest BCUT2D eigenvalue weighted by Gasteiger charge is -2.07. The third-order valence-corrected chi connectivity index (χ3v) is 4.00. The highest BCUT2D eigenvalue weighted by molar-refractivity contribution is 6.06. The van der Waals surface area contributed by atoms with Crippen LogP contribution in [0.15, 0.2) is 42.0 Å². The second-order valence-corrected chi connectivity index (χ2v) is 5.99. The predicted molar refractivity (Wildman–Crippen MR) is 102 cm³/mol. The standard InChI is InChI=1S/C18H21N3O2.C2H6/c1-20(2)18(23)16-14-10-7-11-15(22)17(14)21(19-16)12-13-8-5-3-4-6-9-13;1-2/h5,7-11,22H,3-4,6,12H2,1-2H3;1-2H3. The lowest BCUT2D eigenvalue weighted by Crippen LogP contribution is -2.22. The van der Waals surface area contributed by atoms with Crippen molar-refractivity contribution >= 4 is 16.8 Å². The molecule has 0 radical (unpaired) electrons. The number of rotatable bonds is 3. The number of allylic oxidation sites excluding steroid dienone is 4. The number of benzene rings is 1. The van der Waals surface area contributed by atoms with Gasteiger partial charge in [-0.05, 0) is 30.9 Å². The number of hydrogen-bond donors (Lipinski definition) is 1. The van der Waals surface area contributed by atoms with Crippen molar-refractivity contribution in [1.29, 1.82) is 0 Å². The molecule has 0 saturated carbocycles. The van der Waals surface area contributed by atoms with Gasteiger partial charge in [-0.1, -0.05) is 44.2 Å². The molecule has 1 aliphatic carbocycles. The number of aromatic hydroxyl groups is 1. The summed E-state index contributed by atoms with van der Waals surface area (Å²) in [6, 6.07) is 5.19. The Morgan fingerprint density at radius 2 is 2.04 bits per heavy atom. The summed E-state index contributed by atoms with van der Waals surface area (Å²) in [5, 5.41) is 15.4. The Hall–Kier alpha value is -2.56. The van der Waals surface area contributed by atoms with Gasteiger partial charge in [0.2, 0.25) is 0 Å². The van der Waals surface area contributed by atoms with Crippen LogP contribution >= 0.6 is 0 Å². The first-order chi connectivity index (χ1) is 12.1. The van der Waals surface area contributed by atoms with E-state index in [1.165, 1.54) is 4.90 Å². The van der Waals surface area contributed by atoms with E-state index < -0.39 is 0 Å². The van der Waals surface area contributed by atoms with Crippen molar-refractivity contribution in [2.75, 3.05) is 14.1 Å². The fraction of sp³-hybridized carbons (Fsp3) is 0.400. The van der Waals surface area contributed by atoms with Crippen LogP contribution in [-0.2, 0) is 6.54 Å². The molecule has 1 N–H and O–H groups in total. The maximum atomic E-state index is 12.4. The van der Waals surface area contributed by atoms with Crippen molar-refractivity contribution < 1.29 is 9.90 Å². The summed E-state index contributed by atoms with van der Waals surface area (Å²) in [5.41, 5.74) is 2.13. The van der Waals surface area contributed by atoms with Crippen molar-refractivity contribution in [3.8, 4) is 5.75 Å². The topological polar surface area (TPSA) is 58.4 Å². The first kappa shape index (κ1) is 18.8. The molecule has 1 aromatic heterocycles. The highest BCUT2D eigenvalue weighted by Gasteiger charge is 2.20. The highest BCUT2D eigenvalue weighted by atomic mass is 16.3. The Balaban J connectivity index is 0.00000109. The molecule has 0 unspecified atom stereocenters. The van der Waals surface area contributed by atoms with Crippen LogP contribution in [-0.4, -0.2) is 39.8 Å². The third kappa shape index (κ3) is 4.10. The van der Waals surface area contributed by atoms with Gasteiger partial charge in [0, 0.05) is 19.5 Å². The molecule has 0 atom stereocenters. The summed E-state index contributed by atoms with van der Waals surface area (Å²) in [6.07, 6.45) is 9.73. The van der Waals surface area contributed by atoms with E-state index in [1.807, 2.05) is 19.9 Å². The number of phenolic OH excluding ortho intramolecular Hbond substituents is 1.